The van der Waals surface area contributed by atoms with Gasteiger partial charge in [-0.3, -0.25) is 4.84 Å². The smallest absolute Gasteiger partial charge is 0.265 e. The normalized spacial score (nSPS) is 18.2. The number of nitrogens with zero attached hydrogens (tertiary/aromatic N) is 1. The summed E-state index contributed by atoms with van der Waals surface area (Å²) in [6.45, 7) is 0.781. The van der Waals surface area contributed by atoms with E-state index in [0.29, 0.717) is 18.2 Å². The number of rotatable bonds is 2. The third-order valence-corrected chi connectivity index (χ3v) is 4.84. The lowest BCUT2D eigenvalue weighted by Crippen LogP contribution is -2.35. The van der Waals surface area contributed by atoms with Crippen molar-refractivity contribution in [3.05, 3.63) is 28.2 Å². The molecule has 0 bridgehead atoms. The van der Waals surface area contributed by atoms with Crippen LogP contribution in [-0.4, -0.2) is 26.0 Å². The van der Waals surface area contributed by atoms with E-state index in [1.807, 2.05) is 0 Å². The Labute approximate surface area is 110 Å². The maximum atomic E-state index is 12.1. The average molecular weight is 296 g/mol. The molecule has 1 heterocycles. The molecule has 0 spiro atoms. The molecule has 0 saturated carbocycles. The van der Waals surface area contributed by atoms with Crippen molar-refractivity contribution >= 4 is 33.2 Å². The molecule has 0 atom stereocenters. The topological polar surface area (TPSA) is 46.6 Å². The Morgan fingerprint density at radius 2 is 1.94 bits per heavy atom. The molecule has 1 aromatic rings. The maximum absolute atomic E-state index is 12.1. The van der Waals surface area contributed by atoms with E-state index in [0.717, 1.165) is 17.3 Å². The highest BCUT2D eigenvalue weighted by atomic mass is 35.5. The third kappa shape index (κ3) is 2.74. The van der Waals surface area contributed by atoms with E-state index < -0.39 is 10.0 Å². The Balaban J connectivity index is 2.33. The summed E-state index contributed by atoms with van der Waals surface area (Å²) >= 11 is 11.5. The summed E-state index contributed by atoms with van der Waals surface area (Å²) in [5.74, 6) is 0. The molecule has 1 aliphatic heterocycles. The van der Waals surface area contributed by atoms with E-state index >= 15 is 0 Å². The molecule has 0 aliphatic carbocycles. The molecule has 1 aromatic carbocycles. The second-order valence-corrected chi connectivity index (χ2v) is 6.29. The lowest BCUT2D eigenvalue weighted by Gasteiger charge is -2.25. The lowest BCUT2D eigenvalue weighted by atomic mass is 10.3. The first kappa shape index (κ1) is 13.1. The van der Waals surface area contributed by atoms with Gasteiger partial charge < -0.3 is 0 Å². The Bertz CT molecular complexity index is 512. The number of hydrogen-bond acceptors (Lipinski definition) is 3. The highest BCUT2D eigenvalue weighted by Crippen LogP contribution is 2.27. The van der Waals surface area contributed by atoms with Gasteiger partial charge in [0.25, 0.3) is 10.0 Å². The largest absolute Gasteiger partial charge is 0.284 e. The predicted molar refractivity (Wildman–Crippen MR) is 65.5 cm³/mol. The minimum Gasteiger partial charge on any atom is -0.284 e. The summed E-state index contributed by atoms with van der Waals surface area (Å²) in [5, 5.41) is 0.537. The van der Waals surface area contributed by atoms with Gasteiger partial charge in [0, 0.05) is 6.54 Å². The van der Waals surface area contributed by atoms with Crippen LogP contribution >= 0.6 is 23.2 Å². The van der Waals surface area contributed by atoms with Crippen molar-refractivity contribution in [1.29, 1.82) is 0 Å². The number of halogens is 2. The van der Waals surface area contributed by atoms with Crippen molar-refractivity contribution in [2.75, 3.05) is 13.2 Å². The van der Waals surface area contributed by atoms with Crippen molar-refractivity contribution < 1.29 is 13.3 Å². The molecular formula is C10H11Cl2NO3S. The van der Waals surface area contributed by atoms with Crippen LogP contribution in [0.2, 0.25) is 10.0 Å². The van der Waals surface area contributed by atoms with Crippen molar-refractivity contribution in [2.24, 2.45) is 0 Å². The maximum Gasteiger partial charge on any atom is 0.265 e. The van der Waals surface area contributed by atoms with Crippen molar-refractivity contribution in [3.63, 3.8) is 0 Å². The van der Waals surface area contributed by atoms with Crippen LogP contribution in [-0.2, 0) is 14.9 Å². The minimum absolute atomic E-state index is 0.0915. The second-order valence-electron chi connectivity index (χ2n) is 3.65. The molecular weight excluding hydrogens is 285 g/mol. The molecule has 17 heavy (non-hydrogen) atoms. The van der Waals surface area contributed by atoms with E-state index in [-0.39, 0.29) is 9.92 Å². The van der Waals surface area contributed by atoms with E-state index in [1.165, 1.54) is 18.2 Å². The van der Waals surface area contributed by atoms with Crippen LogP contribution in [0.3, 0.4) is 0 Å². The standard InChI is InChI=1S/C10H11Cl2NO3S/c11-9-4-3-8(7-10(9)12)17(14,15)13-5-1-2-6-16-13/h3-4,7H,1-2,5-6H2. The fourth-order valence-corrected chi connectivity index (χ4v) is 3.21. The van der Waals surface area contributed by atoms with Crippen LogP contribution in [0.25, 0.3) is 0 Å². The summed E-state index contributed by atoms with van der Waals surface area (Å²) in [7, 11) is -3.63. The van der Waals surface area contributed by atoms with Gasteiger partial charge in [0.15, 0.2) is 0 Å². The molecule has 1 fully saturated rings. The number of hydroxylamine groups is 1. The third-order valence-electron chi connectivity index (χ3n) is 2.43. The van der Waals surface area contributed by atoms with E-state index in [9.17, 15) is 8.42 Å². The van der Waals surface area contributed by atoms with Crippen molar-refractivity contribution in [2.45, 2.75) is 17.7 Å². The predicted octanol–water partition coefficient (Wildman–Crippen LogP) is 2.71. The molecule has 1 aliphatic rings. The monoisotopic (exact) mass is 295 g/mol. The van der Waals surface area contributed by atoms with Gasteiger partial charge in [0.1, 0.15) is 0 Å². The van der Waals surface area contributed by atoms with Crippen LogP contribution in [0.15, 0.2) is 23.1 Å². The summed E-state index contributed by atoms with van der Waals surface area (Å²) in [5.41, 5.74) is 0. The van der Waals surface area contributed by atoms with E-state index in [4.69, 9.17) is 28.0 Å². The van der Waals surface area contributed by atoms with E-state index in [2.05, 4.69) is 0 Å². The van der Waals surface area contributed by atoms with Gasteiger partial charge >= 0.3 is 0 Å². The van der Waals surface area contributed by atoms with Gasteiger partial charge in [0.2, 0.25) is 0 Å². The zero-order valence-electron chi connectivity index (χ0n) is 8.90. The van der Waals surface area contributed by atoms with Crippen LogP contribution in [0.5, 0.6) is 0 Å². The SMILES string of the molecule is O=S(=O)(c1ccc(Cl)c(Cl)c1)N1CCCCO1. The lowest BCUT2D eigenvalue weighted by molar-refractivity contribution is -0.108. The fourth-order valence-electron chi connectivity index (χ4n) is 1.52. The first-order valence-corrected chi connectivity index (χ1v) is 7.32. The van der Waals surface area contributed by atoms with Crippen LogP contribution in [0.1, 0.15) is 12.8 Å². The number of hydrogen-bond donors (Lipinski definition) is 0. The Morgan fingerprint density at radius 3 is 2.53 bits per heavy atom. The van der Waals surface area contributed by atoms with Crippen LogP contribution < -0.4 is 0 Å². The highest BCUT2D eigenvalue weighted by Gasteiger charge is 2.27. The first-order chi connectivity index (χ1) is 8.01. The van der Waals surface area contributed by atoms with Gasteiger partial charge in [-0.05, 0) is 31.0 Å². The summed E-state index contributed by atoms with van der Waals surface area (Å²) in [4.78, 5) is 5.23. The Kier molecular flexibility index (Phi) is 3.95. The molecule has 1 saturated heterocycles. The molecule has 7 heteroatoms. The zero-order valence-corrected chi connectivity index (χ0v) is 11.2. The van der Waals surface area contributed by atoms with Crippen LogP contribution in [0.4, 0.5) is 0 Å². The molecule has 0 amide bonds. The molecule has 0 radical (unpaired) electrons. The molecule has 0 unspecified atom stereocenters. The number of benzene rings is 1. The number of sulfonamides is 1. The van der Waals surface area contributed by atoms with Gasteiger partial charge in [-0.25, -0.2) is 8.42 Å². The van der Waals surface area contributed by atoms with Gasteiger partial charge in [-0.1, -0.05) is 27.7 Å². The quantitative estimate of drug-likeness (QED) is 0.843. The van der Waals surface area contributed by atoms with Crippen molar-refractivity contribution in [1.82, 2.24) is 4.47 Å². The van der Waals surface area contributed by atoms with Gasteiger partial charge in [-0.2, -0.15) is 0 Å². The van der Waals surface area contributed by atoms with E-state index in [1.54, 1.807) is 0 Å². The second kappa shape index (κ2) is 5.12. The summed E-state index contributed by atoms with van der Waals surface area (Å²) < 4.78 is 25.3. The van der Waals surface area contributed by atoms with Gasteiger partial charge in [-0.15, -0.1) is 0 Å². The molecule has 4 nitrogen and oxygen atoms in total. The molecule has 94 valence electrons. The minimum atomic E-state index is -3.63. The van der Waals surface area contributed by atoms with Gasteiger partial charge in [0.05, 0.1) is 21.5 Å². The highest BCUT2D eigenvalue weighted by molar-refractivity contribution is 7.89. The first-order valence-electron chi connectivity index (χ1n) is 5.12. The zero-order chi connectivity index (χ0) is 12.5. The van der Waals surface area contributed by atoms with Crippen LogP contribution in [0, 0.1) is 0 Å². The Morgan fingerprint density at radius 1 is 1.18 bits per heavy atom. The molecule has 0 aromatic heterocycles. The molecule has 2 rings (SSSR count). The Hall–Kier alpha value is -0.330. The average Bonchev–Trinajstić information content (AvgIpc) is 2.33. The fraction of sp³-hybridized carbons (Fsp3) is 0.400. The summed E-state index contributed by atoms with van der Waals surface area (Å²) in [6.07, 6.45) is 1.66. The summed E-state index contributed by atoms with van der Waals surface area (Å²) in [6, 6.07) is 4.21. The van der Waals surface area contributed by atoms with Crippen molar-refractivity contribution in [3.8, 4) is 0 Å². The molecule has 0 N–H and O–H groups in total.